The Bertz CT molecular complexity index is 917. The van der Waals surface area contributed by atoms with Gasteiger partial charge in [-0.2, -0.15) is 13.2 Å². The Morgan fingerprint density at radius 3 is 2.61 bits per heavy atom. The van der Waals surface area contributed by atoms with E-state index in [0.29, 0.717) is 10.6 Å². The van der Waals surface area contributed by atoms with Crippen LogP contribution in [0, 0.1) is 5.92 Å². The van der Waals surface area contributed by atoms with E-state index in [-0.39, 0.29) is 22.8 Å². The summed E-state index contributed by atoms with van der Waals surface area (Å²) in [5.74, 6) is -1.04. The summed E-state index contributed by atoms with van der Waals surface area (Å²) in [4.78, 5) is 20.0. The maximum absolute atomic E-state index is 13.4. The summed E-state index contributed by atoms with van der Waals surface area (Å²) in [6.07, 6.45) is -3.25. The van der Waals surface area contributed by atoms with Crippen molar-refractivity contribution in [2.75, 3.05) is 6.54 Å². The van der Waals surface area contributed by atoms with Gasteiger partial charge in [-0.1, -0.05) is 23.7 Å². The van der Waals surface area contributed by atoms with Gasteiger partial charge in [-0.25, -0.2) is 9.97 Å². The molecule has 1 heterocycles. The summed E-state index contributed by atoms with van der Waals surface area (Å²) in [6.45, 7) is 1.36. The lowest BCUT2D eigenvalue weighted by Crippen LogP contribution is -2.43. The van der Waals surface area contributed by atoms with Gasteiger partial charge >= 0.3 is 6.18 Å². The van der Waals surface area contributed by atoms with E-state index in [1.54, 1.807) is 25.1 Å². The minimum absolute atomic E-state index is 0.0212. The number of aromatic nitrogens is 2. The fourth-order valence-electron chi connectivity index (χ4n) is 2.78. The van der Waals surface area contributed by atoms with Gasteiger partial charge in [-0.05, 0) is 53.7 Å². The van der Waals surface area contributed by atoms with Crippen molar-refractivity contribution in [2.24, 2.45) is 5.92 Å². The minimum atomic E-state index is -4.88. The van der Waals surface area contributed by atoms with Gasteiger partial charge in [0.15, 0.2) is 11.4 Å². The number of rotatable bonds is 5. The summed E-state index contributed by atoms with van der Waals surface area (Å²) >= 11 is 8.93. The minimum Gasteiger partial charge on any atom is -0.388 e. The first-order chi connectivity index (χ1) is 13.0. The van der Waals surface area contributed by atoms with Crippen LogP contribution >= 0.6 is 27.5 Å². The molecule has 1 aromatic heterocycles. The zero-order valence-electron chi connectivity index (χ0n) is 14.6. The van der Waals surface area contributed by atoms with Crippen molar-refractivity contribution in [3.63, 3.8) is 0 Å². The highest BCUT2D eigenvalue weighted by molar-refractivity contribution is 9.10. The largest absolute Gasteiger partial charge is 0.435 e. The third-order valence-electron chi connectivity index (χ3n) is 4.50. The van der Waals surface area contributed by atoms with Gasteiger partial charge in [-0.3, -0.25) is 4.79 Å². The van der Waals surface area contributed by atoms with E-state index in [2.05, 4.69) is 31.2 Å². The van der Waals surface area contributed by atoms with Crippen molar-refractivity contribution in [1.29, 1.82) is 0 Å². The quantitative estimate of drug-likeness (QED) is 0.665. The SMILES string of the molecule is CC(O)(CNC(=O)c1nc(-c2cccc(Cl)c2)c(Br)nc1C(F)(F)F)C1CC1. The Kier molecular flexibility index (Phi) is 5.71. The third kappa shape index (κ3) is 4.64. The van der Waals surface area contributed by atoms with Crippen LogP contribution in [0.25, 0.3) is 11.3 Å². The highest BCUT2D eigenvalue weighted by atomic mass is 79.9. The first-order valence-corrected chi connectivity index (χ1v) is 9.57. The molecule has 10 heteroatoms. The molecule has 1 atom stereocenters. The monoisotopic (exact) mass is 477 g/mol. The number of carbonyl (C=O) groups is 1. The number of amides is 1. The number of nitrogens with one attached hydrogen (secondary N) is 1. The standard InChI is InChI=1S/C18H16BrClF3N3O2/c1-17(28,10-5-6-10)8-24-16(27)13-14(18(21,22)23)26-15(19)12(25-13)9-3-2-4-11(20)7-9/h2-4,7,10,28H,5-6,8H2,1H3,(H,24,27). The van der Waals surface area contributed by atoms with Crippen LogP contribution < -0.4 is 5.32 Å². The van der Waals surface area contributed by atoms with Gasteiger partial charge in [0.25, 0.3) is 5.91 Å². The number of hydrogen-bond acceptors (Lipinski definition) is 4. The normalized spacial score (nSPS) is 16.5. The van der Waals surface area contributed by atoms with Crippen molar-refractivity contribution in [3.05, 3.63) is 45.3 Å². The van der Waals surface area contributed by atoms with Gasteiger partial charge < -0.3 is 10.4 Å². The van der Waals surface area contributed by atoms with E-state index in [1.165, 1.54) is 6.07 Å². The predicted molar refractivity (Wildman–Crippen MR) is 101 cm³/mol. The second kappa shape index (κ2) is 7.61. The van der Waals surface area contributed by atoms with Crippen LogP contribution in [0.3, 0.4) is 0 Å². The number of alkyl halides is 3. The molecule has 1 aliphatic carbocycles. The molecule has 150 valence electrons. The molecule has 0 aliphatic heterocycles. The molecule has 0 bridgehead atoms. The predicted octanol–water partition coefficient (Wildman–Crippen LogP) is 4.47. The molecule has 2 aromatic rings. The highest BCUT2D eigenvalue weighted by Gasteiger charge is 2.42. The van der Waals surface area contributed by atoms with Crippen LogP contribution in [0.5, 0.6) is 0 Å². The highest BCUT2D eigenvalue weighted by Crippen LogP contribution is 2.39. The second-order valence-electron chi connectivity index (χ2n) is 6.88. The molecule has 3 rings (SSSR count). The summed E-state index contributed by atoms with van der Waals surface area (Å²) in [6, 6.07) is 6.30. The lowest BCUT2D eigenvalue weighted by Gasteiger charge is -2.23. The summed E-state index contributed by atoms with van der Waals surface area (Å²) in [5.41, 5.74) is -3.01. The fourth-order valence-corrected chi connectivity index (χ4v) is 3.47. The Hall–Kier alpha value is -1.71. The molecule has 28 heavy (non-hydrogen) atoms. The van der Waals surface area contributed by atoms with Gasteiger partial charge in [0.1, 0.15) is 10.3 Å². The molecule has 2 N–H and O–H groups in total. The van der Waals surface area contributed by atoms with Gasteiger partial charge in [0.2, 0.25) is 0 Å². The number of hydrogen-bond donors (Lipinski definition) is 2. The molecule has 0 spiro atoms. The van der Waals surface area contributed by atoms with E-state index < -0.39 is 29.1 Å². The topological polar surface area (TPSA) is 75.1 Å². The van der Waals surface area contributed by atoms with Crippen molar-refractivity contribution < 1.29 is 23.1 Å². The molecule has 1 aliphatic rings. The average Bonchev–Trinajstić information content (AvgIpc) is 3.44. The maximum Gasteiger partial charge on any atom is 0.435 e. The number of nitrogens with zero attached hydrogens (tertiary/aromatic N) is 2. The lowest BCUT2D eigenvalue weighted by molar-refractivity contribution is -0.141. The molecule has 5 nitrogen and oxygen atoms in total. The van der Waals surface area contributed by atoms with Crippen molar-refractivity contribution in [1.82, 2.24) is 15.3 Å². The Balaban J connectivity index is 1.99. The third-order valence-corrected chi connectivity index (χ3v) is 5.29. The van der Waals surface area contributed by atoms with E-state index in [0.717, 1.165) is 12.8 Å². The molecule has 1 saturated carbocycles. The molecule has 0 saturated heterocycles. The smallest absolute Gasteiger partial charge is 0.388 e. The maximum atomic E-state index is 13.4. The zero-order chi connectivity index (χ0) is 20.7. The van der Waals surface area contributed by atoms with Crippen LogP contribution in [-0.4, -0.2) is 33.1 Å². The first kappa shape index (κ1) is 21.0. The number of carbonyl (C=O) groups excluding carboxylic acids is 1. The second-order valence-corrected chi connectivity index (χ2v) is 8.07. The number of halogens is 5. The molecule has 1 unspecified atom stereocenters. The van der Waals surface area contributed by atoms with Crippen LogP contribution in [0.1, 0.15) is 35.9 Å². The van der Waals surface area contributed by atoms with E-state index in [1.807, 2.05) is 0 Å². The lowest BCUT2D eigenvalue weighted by atomic mass is 10.0. The number of benzene rings is 1. The van der Waals surface area contributed by atoms with Crippen LogP contribution in [0.15, 0.2) is 28.9 Å². The number of aliphatic hydroxyl groups is 1. The first-order valence-electron chi connectivity index (χ1n) is 8.40. The molecule has 0 radical (unpaired) electrons. The van der Waals surface area contributed by atoms with Crippen LogP contribution in [-0.2, 0) is 6.18 Å². The Morgan fingerprint density at radius 2 is 2.04 bits per heavy atom. The molecule has 1 aromatic carbocycles. The van der Waals surface area contributed by atoms with Crippen molar-refractivity contribution >= 4 is 33.4 Å². The van der Waals surface area contributed by atoms with E-state index >= 15 is 0 Å². The molecular formula is C18H16BrClF3N3O2. The van der Waals surface area contributed by atoms with Crippen LogP contribution in [0.2, 0.25) is 5.02 Å². The van der Waals surface area contributed by atoms with Gasteiger partial charge in [0, 0.05) is 17.1 Å². The molecule has 1 amide bonds. The van der Waals surface area contributed by atoms with Gasteiger partial charge in [0.05, 0.1) is 5.60 Å². The van der Waals surface area contributed by atoms with E-state index in [4.69, 9.17) is 11.6 Å². The van der Waals surface area contributed by atoms with Crippen LogP contribution in [0.4, 0.5) is 13.2 Å². The average molecular weight is 479 g/mol. The Labute approximate surface area is 172 Å². The zero-order valence-corrected chi connectivity index (χ0v) is 17.0. The van der Waals surface area contributed by atoms with E-state index in [9.17, 15) is 23.1 Å². The summed E-state index contributed by atoms with van der Waals surface area (Å²) in [5, 5.41) is 13.0. The molecular weight excluding hydrogens is 463 g/mol. The summed E-state index contributed by atoms with van der Waals surface area (Å²) < 4.78 is 40.1. The molecule has 1 fully saturated rings. The van der Waals surface area contributed by atoms with Crippen molar-refractivity contribution in [3.8, 4) is 11.3 Å². The fraction of sp³-hybridized carbons (Fsp3) is 0.389. The summed E-state index contributed by atoms with van der Waals surface area (Å²) in [7, 11) is 0. The van der Waals surface area contributed by atoms with Crippen molar-refractivity contribution in [2.45, 2.75) is 31.5 Å². The van der Waals surface area contributed by atoms with Gasteiger partial charge in [-0.15, -0.1) is 0 Å². The Morgan fingerprint density at radius 1 is 1.36 bits per heavy atom.